The molecule has 0 spiro atoms. The normalized spacial score (nSPS) is 31.6. The molecule has 20 heavy (non-hydrogen) atoms. The average Bonchev–Trinajstić information content (AvgIpc) is 2.41. The number of likely N-dealkylation sites (tertiary alicyclic amines) is 1. The quantitative estimate of drug-likeness (QED) is 0.734. The molecule has 1 amide bonds. The van der Waals surface area contributed by atoms with Gasteiger partial charge in [0.25, 0.3) is 5.91 Å². The van der Waals surface area contributed by atoms with E-state index in [1.54, 1.807) is 0 Å². The van der Waals surface area contributed by atoms with Gasteiger partial charge in [-0.05, 0) is 13.8 Å². The van der Waals surface area contributed by atoms with Crippen LogP contribution >= 0.6 is 0 Å². The maximum absolute atomic E-state index is 12.8. The van der Waals surface area contributed by atoms with Crippen LogP contribution in [0.3, 0.4) is 0 Å². The average molecular weight is 284 g/mol. The summed E-state index contributed by atoms with van der Waals surface area (Å²) in [6.45, 7) is 8.86. The lowest BCUT2D eigenvalue weighted by atomic mass is 9.96. The second-order valence-electron chi connectivity index (χ2n) is 7.15. The molecule has 5 heteroatoms. The van der Waals surface area contributed by atoms with Gasteiger partial charge in [0.05, 0.1) is 26.7 Å². The summed E-state index contributed by atoms with van der Waals surface area (Å²) in [6.07, 6.45) is 1.10. The van der Waals surface area contributed by atoms with E-state index in [1.165, 1.54) is 0 Å². The maximum atomic E-state index is 12.8. The zero-order chi connectivity index (χ0) is 14.9. The second-order valence-corrected chi connectivity index (χ2v) is 7.15. The van der Waals surface area contributed by atoms with E-state index in [2.05, 4.69) is 32.8 Å². The molecule has 2 heterocycles. The summed E-state index contributed by atoms with van der Waals surface area (Å²) >= 11 is 0. The summed E-state index contributed by atoms with van der Waals surface area (Å²) in [7, 11) is 4.22. The molecule has 0 aromatic carbocycles. The zero-order valence-electron chi connectivity index (χ0n) is 13.4. The first-order valence-corrected chi connectivity index (χ1v) is 7.85. The lowest BCUT2D eigenvalue weighted by Gasteiger charge is -2.45. The van der Waals surface area contributed by atoms with Crippen molar-refractivity contribution < 1.29 is 14.4 Å². The summed E-state index contributed by atoms with van der Waals surface area (Å²) in [5.74, 6) is 0.233. The Bertz CT molecular complexity index is 349. The Morgan fingerprint density at radius 1 is 1.20 bits per heavy atom. The van der Waals surface area contributed by atoms with E-state index in [4.69, 9.17) is 0 Å². The highest BCUT2D eigenvalue weighted by Crippen LogP contribution is 2.24. The molecule has 0 aromatic rings. The number of aliphatic hydroxyl groups is 1. The molecule has 2 rings (SSSR count). The van der Waals surface area contributed by atoms with Crippen molar-refractivity contribution in [1.29, 1.82) is 0 Å². The van der Waals surface area contributed by atoms with E-state index in [1.807, 2.05) is 4.90 Å². The fraction of sp³-hybridized carbons (Fsp3) is 0.933. The predicted octanol–water partition coefficient (Wildman–Crippen LogP) is 0.139. The van der Waals surface area contributed by atoms with Crippen molar-refractivity contribution in [3.05, 3.63) is 0 Å². The Morgan fingerprint density at radius 2 is 1.80 bits per heavy atom. The zero-order valence-corrected chi connectivity index (χ0v) is 13.4. The number of hydrogen-bond donors (Lipinski definition) is 1. The Labute approximate surface area is 122 Å². The van der Waals surface area contributed by atoms with Crippen molar-refractivity contribution in [2.75, 3.05) is 46.8 Å². The largest absolute Gasteiger partial charge is 0.393 e. The Hall–Kier alpha value is -0.650. The number of amides is 1. The van der Waals surface area contributed by atoms with E-state index in [0.717, 1.165) is 39.1 Å². The van der Waals surface area contributed by atoms with Crippen LogP contribution in [0.25, 0.3) is 0 Å². The van der Waals surface area contributed by atoms with E-state index >= 15 is 0 Å². The molecule has 0 bridgehead atoms. The molecule has 2 aliphatic heterocycles. The lowest BCUT2D eigenvalue weighted by molar-refractivity contribution is -0.912. The summed E-state index contributed by atoms with van der Waals surface area (Å²) in [6, 6.07) is 0.473. The Kier molecular flexibility index (Phi) is 4.72. The monoisotopic (exact) mass is 284 g/mol. The van der Waals surface area contributed by atoms with Gasteiger partial charge in [0.15, 0.2) is 6.04 Å². The molecule has 5 nitrogen and oxygen atoms in total. The summed E-state index contributed by atoms with van der Waals surface area (Å²) in [4.78, 5) is 17.2. The SMILES string of the molecule is CC(C)N1CCN(C(=O)[C@@H]2C[C@H](O)CC[N+]2(C)C)CC1. The molecule has 1 N–H and O–H groups in total. The number of carbonyl (C=O) groups is 1. The molecular formula is C15H30N3O2+. The molecule has 2 saturated heterocycles. The van der Waals surface area contributed by atoms with E-state index in [9.17, 15) is 9.90 Å². The van der Waals surface area contributed by atoms with Gasteiger partial charge in [0.2, 0.25) is 0 Å². The van der Waals surface area contributed by atoms with Crippen molar-refractivity contribution >= 4 is 5.91 Å². The van der Waals surface area contributed by atoms with Crippen LogP contribution in [-0.2, 0) is 4.79 Å². The van der Waals surface area contributed by atoms with Crippen LogP contribution in [0.15, 0.2) is 0 Å². The molecule has 2 fully saturated rings. The molecule has 0 unspecified atom stereocenters. The van der Waals surface area contributed by atoms with Gasteiger partial charge in [-0.25, -0.2) is 0 Å². The van der Waals surface area contributed by atoms with Crippen LogP contribution in [0.5, 0.6) is 0 Å². The number of rotatable bonds is 2. The minimum absolute atomic E-state index is 0.0793. The highest BCUT2D eigenvalue weighted by Gasteiger charge is 2.43. The fourth-order valence-electron chi connectivity index (χ4n) is 3.37. The van der Waals surface area contributed by atoms with Crippen LogP contribution in [0.1, 0.15) is 26.7 Å². The summed E-state index contributed by atoms with van der Waals surface area (Å²) in [5.41, 5.74) is 0. The molecule has 0 aromatic heterocycles. The van der Waals surface area contributed by atoms with E-state index in [0.29, 0.717) is 16.9 Å². The highest BCUT2D eigenvalue weighted by molar-refractivity contribution is 5.81. The summed E-state index contributed by atoms with van der Waals surface area (Å²) < 4.78 is 0.709. The van der Waals surface area contributed by atoms with Crippen LogP contribution in [0.2, 0.25) is 0 Å². The number of piperazine rings is 1. The highest BCUT2D eigenvalue weighted by atomic mass is 16.3. The molecule has 0 aliphatic carbocycles. The van der Waals surface area contributed by atoms with Crippen molar-refractivity contribution in [2.45, 2.75) is 44.9 Å². The standard InChI is InChI=1S/C15H30N3O2/c1-12(2)16-6-8-17(9-7-16)15(20)14-11-13(19)5-10-18(14,3)4/h12-14,19H,5-11H2,1-4H3/q+1/t13-,14+/m1/s1. The lowest BCUT2D eigenvalue weighted by Crippen LogP contribution is -2.63. The van der Waals surface area contributed by atoms with Gasteiger partial charge < -0.3 is 14.5 Å². The van der Waals surface area contributed by atoms with Gasteiger partial charge in [-0.1, -0.05) is 0 Å². The van der Waals surface area contributed by atoms with Gasteiger partial charge in [-0.2, -0.15) is 0 Å². The minimum Gasteiger partial charge on any atom is -0.393 e. The van der Waals surface area contributed by atoms with Gasteiger partial charge >= 0.3 is 0 Å². The van der Waals surface area contributed by atoms with Crippen molar-refractivity contribution in [3.8, 4) is 0 Å². The second kappa shape index (κ2) is 6.00. The number of hydrogen-bond acceptors (Lipinski definition) is 3. The van der Waals surface area contributed by atoms with Gasteiger partial charge in [-0.15, -0.1) is 0 Å². The number of likely N-dealkylation sites (N-methyl/N-ethyl adjacent to an activating group) is 1. The van der Waals surface area contributed by atoms with Gasteiger partial charge in [-0.3, -0.25) is 9.69 Å². The van der Waals surface area contributed by atoms with Crippen LogP contribution in [-0.4, -0.2) is 90.3 Å². The van der Waals surface area contributed by atoms with E-state index < -0.39 is 0 Å². The first kappa shape index (κ1) is 15.7. The van der Waals surface area contributed by atoms with Crippen LogP contribution in [0, 0.1) is 0 Å². The fourth-order valence-corrected chi connectivity index (χ4v) is 3.37. The smallest absolute Gasteiger partial charge is 0.281 e. The maximum Gasteiger partial charge on any atom is 0.281 e. The van der Waals surface area contributed by atoms with Gasteiger partial charge in [0, 0.05) is 45.1 Å². The third-order valence-electron chi connectivity index (χ3n) is 5.02. The molecule has 2 aliphatic rings. The minimum atomic E-state index is -0.313. The number of aliphatic hydroxyl groups excluding tert-OH is 1. The van der Waals surface area contributed by atoms with Crippen LogP contribution in [0.4, 0.5) is 0 Å². The molecular weight excluding hydrogens is 254 g/mol. The van der Waals surface area contributed by atoms with E-state index in [-0.39, 0.29) is 18.1 Å². The Morgan fingerprint density at radius 3 is 2.35 bits per heavy atom. The number of nitrogens with zero attached hydrogens (tertiary/aromatic N) is 3. The predicted molar refractivity (Wildman–Crippen MR) is 79.3 cm³/mol. The summed E-state index contributed by atoms with van der Waals surface area (Å²) in [5, 5.41) is 9.88. The molecule has 0 saturated carbocycles. The first-order valence-electron chi connectivity index (χ1n) is 7.85. The van der Waals surface area contributed by atoms with Crippen molar-refractivity contribution in [2.24, 2.45) is 0 Å². The van der Waals surface area contributed by atoms with Crippen molar-refractivity contribution in [3.63, 3.8) is 0 Å². The number of carbonyl (C=O) groups excluding carboxylic acids is 1. The first-order chi connectivity index (χ1) is 9.31. The number of quaternary nitrogens is 1. The molecule has 116 valence electrons. The van der Waals surface area contributed by atoms with Crippen LogP contribution < -0.4 is 0 Å². The number of piperidine rings is 1. The topological polar surface area (TPSA) is 43.8 Å². The Balaban J connectivity index is 1.97. The molecule has 2 atom stereocenters. The van der Waals surface area contributed by atoms with Crippen molar-refractivity contribution in [1.82, 2.24) is 9.80 Å². The third kappa shape index (κ3) is 3.32. The van der Waals surface area contributed by atoms with Gasteiger partial charge in [0.1, 0.15) is 0 Å². The third-order valence-corrected chi connectivity index (χ3v) is 5.02. The molecule has 0 radical (unpaired) electrons.